The standard InChI is InChI=1S/C27H22FN3O3S/c1-15-4-6-17(7-5-15)24(32)22-23(16-8-11-19(12-9-16)30(2)3)31(26(34)25(22)33)27-29-20-13-10-18(28)14-21(20)35-27/h4-14,23,32H,1-3H3. The number of hydrogen-bond donors (Lipinski definition) is 1. The summed E-state index contributed by atoms with van der Waals surface area (Å²) in [5.41, 5.74) is 3.54. The molecule has 0 spiro atoms. The Bertz CT molecular complexity index is 1490. The molecule has 5 rings (SSSR count). The van der Waals surface area contributed by atoms with E-state index in [4.69, 9.17) is 0 Å². The number of hydrogen-bond acceptors (Lipinski definition) is 6. The smallest absolute Gasteiger partial charge is 0.301 e. The van der Waals surface area contributed by atoms with Gasteiger partial charge in [-0.1, -0.05) is 53.3 Å². The minimum absolute atomic E-state index is 0.0121. The Balaban J connectivity index is 1.71. The Hall–Kier alpha value is -4.04. The third-order valence-corrected chi connectivity index (χ3v) is 7.06. The molecular weight excluding hydrogens is 465 g/mol. The van der Waals surface area contributed by atoms with Crippen molar-refractivity contribution in [3.05, 3.63) is 94.8 Å². The van der Waals surface area contributed by atoms with Crippen LogP contribution in [-0.2, 0) is 9.59 Å². The number of ketones is 1. The number of carbonyl (C=O) groups excluding carboxylic acids is 2. The molecule has 4 aromatic rings. The van der Waals surface area contributed by atoms with Gasteiger partial charge in [0.05, 0.1) is 21.8 Å². The molecule has 1 amide bonds. The number of aliphatic hydroxyl groups excluding tert-OH is 1. The van der Waals surface area contributed by atoms with Crippen LogP contribution in [-0.4, -0.2) is 35.9 Å². The van der Waals surface area contributed by atoms with Gasteiger partial charge in [0, 0.05) is 25.3 Å². The van der Waals surface area contributed by atoms with E-state index in [1.807, 2.05) is 62.3 Å². The maximum Gasteiger partial charge on any atom is 0.301 e. The molecule has 1 fully saturated rings. The van der Waals surface area contributed by atoms with Crippen LogP contribution in [0.15, 0.2) is 72.3 Å². The topological polar surface area (TPSA) is 73.7 Å². The molecule has 1 N–H and O–H groups in total. The van der Waals surface area contributed by atoms with Gasteiger partial charge < -0.3 is 10.0 Å². The van der Waals surface area contributed by atoms with E-state index in [0.717, 1.165) is 22.6 Å². The highest BCUT2D eigenvalue weighted by Crippen LogP contribution is 2.44. The predicted octanol–water partition coefficient (Wildman–Crippen LogP) is 5.44. The van der Waals surface area contributed by atoms with Crippen LogP contribution in [0.4, 0.5) is 15.2 Å². The summed E-state index contributed by atoms with van der Waals surface area (Å²) in [6, 6.07) is 17.8. The molecule has 0 radical (unpaired) electrons. The fourth-order valence-electron chi connectivity index (χ4n) is 4.16. The minimum Gasteiger partial charge on any atom is -0.507 e. The van der Waals surface area contributed by atoms with Gasteiger partial charge in [-0.3, -0.25) is 14.5 Å². The van der Waals surface area contributed by atoms with Crippen molar-refractivity contribution in [1.29, 1.82) is 0 Å². The van der Waals surface area contributed by atoms with E-state index < -0.39 is 23.5 Å². The monoisotopic (exact) mass is 487 g/mol. The Labute approximate surface area is 205 Å². The first-order valence-electron chi connectivity index (χ1n) is 11.0. The van der Waals surface area contributed by atoms with Gasteiger partial charge in [-0.15, -0.1) is 0 Å². The number of amides is 1. The molecule has 0 aliphatic carbocycles. The van der Waals surface area contributed by atoms with Crippen molar-refractivity contribution in [3.63, 3.8) is 0 Å². The van der Waals surface area contributed by atoms with E-state index in [9.17, 15) is 19.1 Å². The van der Waals surface area contributed by atoms with Gasteiger partial charge in [0.25, 0.3) is 5.78 Å². The van der Waals surface area contributed by atoms with Gasteiger partial charge in [-0.25, -0.2) is 9.37 Å². The quantitative estimate of drug-likeness (QED) is 0.236. The third kappa shape index (κ3) is 3.95. The van der Waals surface area contributed by atoms with Crippen molar-refractivity contribution in [3.8, 4) is 0 Å². The van der Waals surface area contributed by atoms with Crippen LogP contribution in [0.5, 0.6) is 0 Å². The van der Waals surface area contributed by atoms with Crippen LogP contribution in [0.1, 0.15) is 22.7 Å². The van der Waals surface area contributed by atoms with Gasteiger partial charge in [-0.05, 0) is 42.8 Å². The van der Waals surface area contributed by atoms with E-state index in [2.05, 4.69) is 4.98 Å². The first kappa shape index (κ1) is 22.7. The fourth-order valence-corrected chi connectivity index (χ4v) is 5.17. The lowest BCUT2D eigenvalue weighted by Crippen LogP contribution is -2.29. The molecular formula is C27H22FN3O3S. The van der Waals surface area contributed by atoms with Crippen molar-refractivity contribution >= 4 is 49.8 Å². The molecule has 2 heterocycles. The van der Waals surface area contributed by atoms with Crippen LogP contribution in [0, 0.1) is 12.7 Å². The summed E-state index contributed by atoms with van der Waals surface area (Å²) in [4.78, 5) is 34.4. The molecule has 1 unspecified atom stereocenters. The number of halogens is 1. The lowest BCUT2D eigenvalue weighted by molar-refractivity contribution is -0.132. The summed E-state index contributed by atoms with van der Waals surface area (Å²) >= 11 is 1.12. The van der Waals surface area contributed by atoms with Gasteiger partial charge in [0.2, 0.25) is 0 Å². The van der Waals surface area contributed by atoms with Crippen molar-refractivity contribution < 1.29 is 19.1 Å². The normalized spacial score (nSPS) is 17.4. The largest absolute Gasteiger partial charge is 0.507 e. The fraction of sp³-hybridized carbons (Fsp3) is 0.148. The van der Waals surface area contributed by atoms with Crippen LogP contribution >= 0.6 is 11.3 Å². The van der Waals surface area contributed by atoms with Gasteiger partial charge in [0.15, 0.2) is 5.13 Å². The zero-order valence-corrected chi connectivity index (χ0v) is 20.1. The number of benzene rings is 3. The number of nitrogens with zero attached hydrogens (tertiary/aromatic N) is 3. The number of thiazole rings is 1. The molecule has 0 saturated carbocycles. The van der Waals surface area contributed by atoms with E-state index in [-0.39, 0.29) is 16.5 Å². The molecule has 6 nitrogen and oxygen atoms in total. The molecule has 1 saturated heterocycles. The second kappa shape index (κ2) is 8.63. The van der Waals surface area contributed by atoms with Crippen LogP contribution in [0.2, 0.25) is 0 Å². The Morgan fingerprint density at radius 1 is 1.03 bits per heavy atom. The van der Waals surface area contributed by atoms with E-state index >= 15 is 0 Å². The van der Waals surface area contributed by atoms with Crippen LogP contribution in [0.25, 0.3) is 16.0 Å². The average Bonchev–Trinajstić information content (AvgIpc) is 3.37. The number of rotatable bonds is 4. The van der Waals surface area contributed by atoms with Gasteiger partial charge >= 0.3 is 5.91 Å². The predicted molar refractivity (Wildman–Crippen MR) is 136 cm³/mol. The molecule has 1 aliphatic heterocycles. The molecule has 8 heteroatoms. The maximum absolute atomic E-state index is 13.8. The molecule has 176 valence electrons. The summed E-state index contributed by atoms with van der Waals surface area (Å²) in [7, 11) is 3.83. The Kier molecular flexibility index (Phi) is 5.61. The Morgan fingerprint density at radius 3 is 2.37 bits per heavy atom. The number of Topliss-reactive ketones (excluding diaryl/α,β-unsaturated/α-hetero) is 1. The van der Waals surface area contributed by atoms with E-state index in [1.54, 1.807) is 12.1 Å². The summed E-state index contributed by atoms with van der Waals surface area (Å²) < 4.78 is 14.3. The summed E-state index contributed by atoms with van der Waals surface area (Å²) in [6.45, 7) is 1.92. The van der Waals surface area contributed by atoms with Gasteiger partial charge in [-0.2, -0.15) is 0 Å². The van der Waals surface area contributed by atoms with Crippen molar-refractivity contribution in [1.82, 2.24) is 4.98 Å². The highest BCUT2D eigenvalue weighted by molar-refractivity contribution is 7.22. The third-order valence-electron chi connectivity index (χ3n) is 6.04. The van der Waals surface area contributed by atoms with E-state index in [1.165, 1.54) is 23.1 Å². The summed E-state index contributed by atoms with van der Waals surface area (Å²) in [5.74, 6) is -2.25. The van der Waals surface area contributed by atoms with Crippen molar-refractivity contribution in [2.45, 2.75) is 13.0 Å². The highest BCUT2D eigenvalue weighted by atomic mass is 32.1. The molecule has 35 heavy (non-hydrogen) atoms. The first-order chi connectivity index (χ1) is 16.7. The SMILES string of the molecule is Cc1ccc(C(O)=C2C(=O)C(=O)N(c3nc4ccc(F)cc4s3)C2c2ccc(N(C)C)cc2)cc1. The Morgan fingerprint density at radius 2 is 1.71 bits per heavy atom. The van der Waals surface area contributed by atoms with Crippen LogP contribution in [0.3, 0.4) is 0 Å². The second-order valence-corrected chi connectivity index (χ2v) is 9.64. The van der Waals surface area contributed by atoms with Gasteiger partial charge in [0.1, 0.15) is 11.6 Å². The molecule has 3 aromatic carbocycles. The summed E-state index contributed by atoms with van der Waals surface area (Å²) in [5, 5.41) is 11.5. The lowest BCUT2D eigenvalue weighted by atomic mass is 9.95. The number of fused-ring (bicyclic) bond motifs is 1. The maximum atomic E-state index is 13.8. The average molecular weight is 488 g/mol. The molecule has 0 bridgehead atoms. The molecule has 1 atom stereocenters. The summed E-state index contributed by atoms with van der Waals surface area (Å²) in [6.07, 6.45) is 0. The number of aryl methyl sites for hydroxylation is 1. The number of anilines is 2. The number of aliphatic hydroxyl groups is 1. The zero-order valence-electron chi connectivity index (χ0n) is 19.3. The van der Waals surface area contributed by atoms with Crippen LogP contribution < -0.4 is 9.80 Å². The number of aromatic nitrogens is 1. The minimum atomic E-state index is -0.891. The molecule has 1 aromatic heterocycles. The number of carbonyl (C=O) groups is 2. The van der Waals surface area contributed by atoms with E-state index in [0.29, 0.717) is 21.3 Å². The van der Waals surface area contributed by atoms with Crippen molar-refractivity contribution in [2.75, 3.05) is 23.9 Å². The zero-order chi connectivity index (χ0) is 24.9. The molecule has 1 aliphatic rings. The lowest BCUT2D eigenvalue weighted by Gasteiger charge is -2.23. The highest BCUT2D eigenvalue weighted by Gasteiger charge is 2.48. The first-order valence-corrected chi connectivity index (χ1v) is 11.8. The van der Waals surface area contributed by atoms with Crippen molar-refractivity contribution in [2.24, 2.45) is 0 Å². The second-order valence-electron chi connectivity index (χ2n) is 8.63.